The highest BCUT2D eigenvalue weighted by atomic mass is 15.1. The first-order chi connectivity index (χ1) is 5.18. The van der Waals surface area contributed by atoms with Gasteiger partial charge in [0.1, 0.15) is 0 Å². The van der Waals surface area contributed by atoms with Crippen LogP contribution >= 0.6 is 0 Å². The Morgan fingerprint density at radius 3 is 2.64 bits per heavy atom. The summed E-state index contributed by atoms with van der Waals surface area (Å²) >= 11 is 0. The highest BCUT2D eigenvalue weighted by Gasteiger charge is 2.19. The Hall–Kier alpha value is -0.0800. The third-order valence-electron chi connectivity index (χ3n) is 2.37. The Labute approximate surface area is 70.0 Å². The first-order valence-electron chi connectivity index (χ1n) is 4.56. The van der Waals surface area contributed by atoms with Crippen LogP contribution in [-0.2, 0) is 0 Å². The summed E-state index contributed by atoms with van der Waals surface area (Å²) in [5, 5.41) is 3.54. The molecule has 1 N–H and O–H groups in total. The summed E-state index contributed by atoms with van der Waals surface area (Å²) in [6, 6.07) is 0.785. The molecule has 1 fully saturated rings. The van der Waals surface area contributed by atoms with Crippen LogP contribution < -0.4 is 5.32 Å². The van der Waals surface area contributed by atoms with Gasteiger partial charge in [0, 0.05) is 6.04 Å². The molecule has 1 aliphatic rings. The van der Waals surface area contributed by atoms with Gasteiger partial charge < -0.3 is 10.2 Å². The average molecular weight is 156 g/mol. The van der Waals surface area contributed by atoms with Gasteiger partial charge in [0.15, 0.2) is 0 Å². The van der Waals surface area contributed by atoms with Crippen molar-refractivity contribution in [2.75, 3.05) is 27.2 Å². The molecule has 0 unspecified atom stereocenters. The Bertz CT molecular complexity index is 112. The van der Waals surface area contributed by atoms with Gasteiger partial charge >= 0.3 is 0 Å². The van der Waals surface area contributed by atoms with Crippen molar-refractivity contribution >= 4 is 0 Å². The third-order valence-corrected chi connectivity index (χ3v) is 2.37. The maximum Gasteiger partial charge on any atom is 0.00823 e. The molecule has 0 spiro atoms. The van der Waals surface area contributed by atoms with E-state index in [0.717, 1.165) is 12.0 Å². The minimum Gasteiger partial charge on any atom is -0.314 e. The van der Waals surface area contributed by atoms with Crippen LogP contribution in [0.15, 0.2) is 0 Å². The second-order valence-electron chi connectivity index (χ2n) is 4.04. The van der Waals surface area contributed by atoms with E-state index in [9.17, 15) is 0 Å². The highest BCUT2D eigenvalue weighted by Crippen LogP contribution is 2.14. The van der Waals surface area contributed by atoms with Gasteiger partial charge in [0.2, 0.25) is 0 Å². The average Bonchev–Trinajstić information content (AvgIpc) is 2.31. The van der Waals surface area contributed by atoms with Gasteiger partial charge in [0.05, 0.1) is 0 Å². The van der Waals surface area contributed by atoms with Gasteiger partial charge in [-0.3, -0.25) is 0 Å². The fraction of sp³-hybridized carbons (Fsp3) is 1.00. The lowest BCUT2D eigenvalue weighted by atomic mass is 10.1. The molecular weight excluding hydrogens is 136 g/mol. The summed E-state index contributed by atoms with van der Waals surface area (Å²) in [6.45, 7) is 4.76. The van der Waals surface area contributed by atoms with E-state index in [0.29, 0.717) is 0 Å². The van der Waals surface area contributed by atoms with Crippen molar-refractivity contribution in [3.63, 3.8) is 0 Å². The lowest BCUT2D eigenvalue weighted by Gasteiger charge is -2.13. The van der Waals surface area contributed by atoms with Crippen molar-refractivity contribution in [3.05, 3.63) is 0 Å². The third kappa shape index (κ3) is 3.21. The van der Waals surface area contributed by atoms with E-state index in [4.69, 9.17) is 0 Å². The Morgan fingerprint density at radius 2 is 2.18 bits per heavy atom. The van der Waals surface area contributed by atoms with E-state index >= 15 is 0 Å². The van der Waals surface area contributed by atoms with Gasteiger partial charge in [-0.25, -0.2) is 0 Å². The van der Waals surface area contributed by atoms with E-state index in [1.807, 2.05) is 0 Å². The van der Waals surface area contributed by atoms with Crippen LogP contribution in [-0.4, -0.2) is 38.1 Å². The summed E-state index contributed by atoms with van der Waals surface area (Å²) in [5.41, 5.74) is 0. The second kappa shape index (κ2) is 4.07. The van der Waals surface area contributed by atoms with E-state index in [2.05, 4.69) is 31.2 Å². The number of nitrogens with zero attached hydrogens (tertiary/aromatic N) is 1. The molecule has 0 amide bonds. The first-order valence-corrected chi connectivity index (χ1v) is 4.56. The van der Waals surface area contributed by atoms with E-state index in [1.165, 1.54) is 25.9 Å². The Kier molecular flexibility index (Phi) is 3.34. The summed E-state index contributed by atoms with van der Waals surface area (Å²) in [4.78, 5) is 2.25. The molecule has 0 aromatic carbocycles. The number of nitrogens with one attached hydrogen (secondary N) is 1. The molecule has 0 aromatic rings. The SMILES string of the molecule is C[C@@H]1CN[C@H](CCN(C)C)C1. The van der Waals surface area contributed by atoms with Crippen molar-refractivity contribution in [3.8, 4) is 0 Å². The number of hydrogen-bond acceptors (Lipinski definition) is 2. The molecular formula is C9H20N2. The first kappa shape index (κ1) is 9.01. The molecule has 1 saturated heterocycles. The summed E-state index contributed by atoms with van der Waals surface area (Å²) in [5.74, 6) is 0.891. The van der Waals surface area contributed by atoms with Crippen LogP contribution in [0.5, 0.6) is 0 Å². The molecule has 2 heteroatoms. The smallest absolute Gasteiger partial charge is 0.00823 e. The maximum atomic E-state index is 3.54. The predicted molar refractivity (Wildman–Crippen MR) is 48.7 cm³/mol. The van der Waals surface area contributed by atoms with Gasteiger partial charge in [-0.1, -0.05) is 6.92 Å². The van der Waals surface area contributed by atoms with Crippen LogP contribution in [0, 0.1) is 5.92 Å². The Morgan fingerprint density at radius 1 is 1.45 bits per heavy atom. The van der Waals surface area contributed by atoms with Crippen molar-refractivity contribution in [1.82, 2.24) is 10.2 Å². The molecule has 2 nitrogen and oxygen atoms in total. The molecule has 1 rings (SSSR count). The van der Waals surface area contributed by atoms with Gasteiger partial charge in [-0.05, 0) is 45.9 Å². The maximum absolute atomic E-state index is 3.54. The molecule has 0 aliphatic carbocycles. The molecule has 0 saturated carbocycles. The quantitative estimate of drug-likeness (QED) is 0.654. The topological polar surface area (TPSA) is 15.3 Å². The van der Waals surface area contributed by atoms with Crippen LogP contribution in [0.4, 0.5) is 0 Å². The lowest BCUT2D eigenvalue weighted by Crippen LogP contribution is -2.26. The lowest BCUT2D eigenvalue weighted by molar-refractivity contribution is 0.369. The second-order valence-corrected chi connectivity index (χ2v) is 4.04. The van der Waals surface area contributed by atoms with Crippen molar-refractivity contribution in [2.45, 2.75) is 25.8 Å². The zero-order valence-corrected chi connectivity index (χ0v) is 7.93. The van der Waals surface area contributed by atoms with Crippen LogP contribution in [0.1, 0.15) is 19.8 Å². The predicted octanol–water partition coefficient (Wildman–Crippen LogP) is 0.936. The molecule has 0 radical (unpaired) electrons. The Balaban J connectivity index is 2.08. The monoisotopic (exact) mass is 156 g/mol. The minimum absolute atomic E-state index is 0.785. The number of rotatable bonds is 3. The van der Waals surface area contributed by atoms with Crippen molar-refractivity contribution < 1.29 is 0 Å². The molecule has 0 bridgehead atoms. The van der Waals surface area contributed by atoms with Crippen LogP contribution in [0.3, 0.4) is 0 Å². The summed E-state index contributed by atoms with van der Waals surface area (Å²) < 4.78 is 0. The fourth-order valence-electron chi connectivity index (χ4n) is 1.65. The van der Waals surface area contributed by atoms with Crippen molar-refractivity contribution in [1.29, 1.82) is 0 Å². The summed E-state index contributed by atoms with van der Waals surface area (Å²) in [6.07, 6.45) is 2.67. The zero-order chi connectivity index (χ0) is 8.27. The normalized spacial score (nSPS) is 31.6. The van der Waals surface area contributed by atoms with Gasteiger partial charge in [-0.2, -0.15) is 0 Å². The standard InChI is InChI=1S/C9H20N2/c1-8-6-9(10-7-8)4-5-11(2)3/h8-10H,4-7H2,1-3H3/t8-,9+/m0/s1. The van der Waals surface area contributed by atoms with Gasteiger partial charge in [-0.15, -0.1) is 0 Å². The fourth-order valence-corrected chi connectivity index (χ4v) is 1.65. The molecule has 2 atom stereocenters. The largest absolute Gasteiger partial charge is 0.314 e. The molecule has 11 heavy (non-hydrogen) atoms. The zero-order valence-electron chi connectivity index (χ0n) is 7.93. The molecule has 0 aromatic heterocycles. The van der Waals surface area contributed by atoms with Crippen LogP contribution in [0.2, 0.25) is 0 Å². The van der Waals surface area contributed by atoms with Crippen LogP contribution in [0.25, 0.3) is 0 Å². The minimum atomic E-state index is 0.785. The van der Waals surface area contributed by atoms with E-state index in [-0.39, 0.29) is 0 Å². The van der Waals surface area contributed by atoms with E-state index < -0.39 is 0 Å². The molecule has 1 heterocycles. The number of hydrogen-bond donors (Lipinski definition) is 1. The van der Waals surface area contributed by atoms with E-state index in [1.54, 1.807) is 0 Å². The van der Waals surface area contributed by atoms with Crippen molar-refractivity contribution in [2.24, 2.45) is 5.92 Å². The molecule has 66 valence electrons. The highest BCUT2D eigenvalue weighted by molar-refractivity contribution is 4.79. The summed E-state index contributed by atoms with van der Waals surface area (Å²) in [7, 11) is 4.27. The molecule has 1 aliphatic heterocycles. The van der Waals surface area contributed by atoms with Gasteiger partial charge in [0.25, 0.3) is 0 Å².